The van der Waals surface area contributed by atoms with Crippen molar-refractivity contribution in [2.45, 2.75) is 51.2 Å². The van der Waals surface area contributed by atoms with Gasteiger partial charge < -0.3 is 20.9 Å². The zero-order chi connectivity index (χ0) is 19.7. The third-order valence-corrected chi connectivity index (χ3v) is 5.62. The molecular weight excluding hydrogens is 352 g/mol. The lowest BCUT2D eigenvalue weighted by molar-refractivity contribution is 0.0966. The second kappa shape index (κ2) is 7.75. The van der Waals surface area contributed by atoms with E-state index >= 15 is 0 Å². The highest BCUT2D eigenvalue weighted by Gasteiger charge is 2.30. The summed E-state index contributed by atoms with van der Waals surface area (Å²) in [6, 6.07) is 8.81. The second-order valence-corrected chi connectivity index (χ2v) is 7.96. The summed E-state index contributed by atoms with van der Waals surface area (Å²) in [5.41, 5.74) is 3.35. The van der Waals surface area contributed by atoms with Crippen molar-refractivity contribution < 1.29 is 4.79 Å². The summed E-state index contributed by atoms with van der Waals surface area (Å²) in [6.45, 7) is 2.48. The predicted octanol–water partition coefficient (Wildman–Crippen LogP) is 3.06. The van der Waals surface area contributed by atoms with Crippen LogP contribution in [0.1, 0.15) is 47.3 Å². The van der Waals surface area contributed by atoms with Crippen molar-refractivity contribution in [2.24, 2.45) is 0 Å². The van der Waals surface area contributed by atoms with E-state index in [1.165, 1.54) is 19.3 Å². The van der Waals surface area contributed by atoms with E-state index < -0.39 is 0 Å². The maximum absolute atomic E-state index is 12.3. The van der Waals surface area contributed by atoms with Crippen LogP contribution in [0.4, 0.5) is 17.5 Å². The molecule has 1 fully saturated rings. The van der Waals surface area contributed by atoms with Crippen LogP contribution in [-0.2, 0) is 6.54 Å². The number of fused-ring (bicyclic) bond motifs is 1. The second-order valence-electron chi connectivity index (χ2n) is 7.96. The summed E-state index contributed by atoms with van der Waals surface area (Å²) in [6.07, 6.45) is 4.73. The van der Waals surface area contributed by atoms with E-state index in [0.29, 0.717) is 36.0 Å². The number of amides is 1. The van der Waals surface area contributed by atoms with Crippen molar-refractivity contribution in [1.29, 1.82) is 0 Å². The predicted molar refractivity (Wildman–Crippen MR) is 111 cm³/mol. The summed E-state index contributed by atoms with van der Waals surface area (Å²) in [5, 5.41) is 9.74. The molecule has 2 heterocycles. The quantitative estimate of drug-likeness (QED) is 0.740. The van der Waals surface area contributed by atoms with Crippen molar-refractivity contribution in [2.75, 3.05) is 24.7 Å². The standard InChI is InChI=1S/C21H28N6O/c1-13-7-6-8-14(11-13)23-19-18-16(12-22-20(18)28)25-21(26-19)24-15-9-4-5-10-17(15)27(2)3/h6-8,11,15,17H,4-5,9-10,12H2,1-3H3,(H,22,28)(H2,23,24,25,26)/t15-,17+/m1/s1. The van der Waals surface area contributed by atoms with Gasteiger partial charge in [0.2, 0.25) is 5.95 Å². The van der Waals surface area contributed by atoms with Crippen molar-refractivity contribution in [3.05, 3.63) is 41.1 Å². The van der Waals surface area contributed by atoms with Gasteiger partial charge in [0, 0.05) is 17.8 Å². The van der Waals surface area contributed by atoms with E-state index in [4.69, 9.17) is 4.98 Å². The Bertz CT molecular complexity index is 881. The maximum Gasteiger partial charge on any atom is 0.257 e. The van der Waals surface area contributed by atoms with Crippen LogP contribution in [0.3, 0.4) is 0 Å². The molecule has 1 aliphatic heterocycles. The molecule has 2 atom stereocenters. The van der Waals surface area contributed by atoms with Crippen LogP contribution in [0.2, 0.25) is 0 Å². The van der Waals surface area contributed by atoms with E-state index in [0.717, 1.165) is 23.4 Å². The summed E-state index contributed by atoms with van der Waals surface area (Å²) < 4.78 is 0. The minimum absolute atomic E-state index is 0.125. The van der Waals surface area contributed by atoms with Gasteiger partial charge in [0.05, 0.1) is 12.2 Å². The number of anilines is 3. The van der Waals surface area contributed by atoms with Gasteiger partial charge in [-0.1, -0.05) is 25.0 Å². The molecule has 0 unspecified atom stereocenters. The molecule has 148 valence electrons. The molecular formula is C21H28N6O. The molecule has 1 aromatic heterocycles. The number of carbonyl (C=O) groups excluding carboxylic acids is 1. The monoisotopic (exact) mass is 380 g/mol. The minimum atomic E-state index is -0.125. The molecule has 0 radical (unpaired) electrons. The Balaban J connectivity index is 1.65. The fraction of sp³-hybridized carbons (Fsp3) is 0.476. The summed E-state index contributed by atoms with van der Waals surface area (Å²) >= 11 is 0. The van der Waals surface area contributed by atoms with Crippen molar-refractivity contribution in [1.82, 2.24) is 20.2 Å². The molecule has 4 rings (SSSR count). The Morgan fingerprint density at radius 2 is 2.00 bits per heavy atom. The molecule has 3 N–H and O–H groups in total. The molecule has 0 bridgehead atoms. The molecule has 2 aromatic rings. The number of nitrogens with one attached hydrogen (secondary N) is 3. The number of hydrogen-bond acceptors (Lipinski definition) is 6. The maximum atomic E-state index is 12.3. The fourth-order valence-electron chi connectivity index (χ4n) is 4.20. The van der Waals surface area contributed by atoms with Crippen LogP contribution in [0.15, 0.2) is 24.3 Å². The van der Waals surface area contributed by atoms with E-state index in [-0.39, 0.29) is 5.91 Å². The molecule has 1 amide bonds. The molecule has 7 nitrogen and oxygen atoms in total. The topological polar surface area (TPSA) is 82.2 Å². The molecule has 7 heteroatoms. The zero-order valence-corrected chi connectivity index (χ0v) is 16.7. The summed E-state index contributed by atoms with van der Waals surface area (Å²) in [5.74, 6) is 1.02. The van der Waals surface area contributed by atoms with Gasteiger partial charge in [-0.15, -0.1) is 0 Å². The molecule has 1 aromatic carbocycles. The van der Waals surface area contributed by atoms with Gasteiger partial charge in [-0.25, -0.2) is 4.98 Å². The van der Waals surface area contributed by atoms with Crippen molar-refractivity contribution in [3.8, 4) is 0 Å². The molecule has 1 saturated carbocycles. The largest absolute Gasteiger partial charge is 0.350 e. The zero-order valence-electron chi connectivity index (χ0n) is 16.7. The molecule has 2 aliphatic rings. The smallest absolute Gasteiger partial charge is 0.257 e. The molecule has 28 heavy (non-hydrogen) atoms. The Morgan fingerprint density at radius 1 is 1.18 bits per heavy atom. The fourth-order valence-corrected chi connectivity index (χ4v) is 4.20. The number of nitrogens with zero attached hydrogens (tertiary/aromatic N) is 3. The number of likely N-dealkylation sites (N-methyl/N-ethyl adjacent to an activating group) is 1. The first-order chi connectivity index (χ1) is 13.5. The average Bonchev–Trinajstić information content (AvgIpc) is 3.03. The van der Waals surface area contributed by atoms with E-state index in [1.54, 1.807) is 0 Å². The van der Waals surface area contributed by atoms with Crippen molar-refractivity contribution in [3.63, 3.8) is 0 Å². The van der Waals surface area contributed by atoms with E-state index in [2.05, 4.69) is 39.9 Å². The number of carbonyl (C=O) groups is 1. The van der Waals surface area contributed by atoms with Gasteiger partial charge in [0.25, 0.3) is 5.91 Å². The number of benzene rings is 1. The number of rotatable bonds is 5. The van der Waals surface area contributed by atoms with Gasteiger partial charge in [0.1, 0.15) is 11.4 Å². The molecule has 0 spiro atoms. The Labute approximate surface area is 166 Å². The lowest BCUT2D eigenvalue weighted by Crippen LogP contribution is -2.45. The Kier molecular flexibility index (Phi) is 5.17. The van der Waals surface area contributed by atoms with Gasteiger partial charge in [-0.3, -0.25) is 4.79 Å². The highest BCUT2D eigenvalue weighted by molar-refractivity contribution is 6.02. The third kappa shape index (κ3) is 3.80. The molecule has 1 aliphatic carbocycles. The van der Waals surface area contributed by atoms with Crippen LogP contribution >= 0.6 is 0 Å². The SMILES string of the molecule is Cc1cccc(Nc2nc(N[C@@H]3CCCC[C@@H]3N(C)C)nc3c2C(=O)NC3)c1. The van der Waals surface area contributed by atoms with Gasteiger partial charge in [-0.05, 0) is 51.6 Å². The van der Waals surface area contributed by atoms with Crippen molar-refractivity contribution >= 4 is 23.4 Å². The van der Waals surface area contributed by atoms with Gasteiger partial charge in [0.15, 0.2) is 0 Å². The average molecular weight is 380 g/mol. The first-order valence-electron chi connectivity index (χ1n) is 9.97. The highest BCUT2D eigenvalue weighted by Crippen LogP contribution is 2.29. The lowest BCUT2D eigenvalue weighted by atomic mass is 9.89. The van der Waals surface area contributed by atoms with Crippen LogP contribution in [0, 0.1) is 6.92 Å². The Morgan fingerprint density at radius 3 is 2.79 bits per heavy atom. The minimum Gasteiger partial charge on any atom is -0.350 e. The highest BCUT2D eigenvalue weighted by atomic mass is 16.2. The normalized spacial score (nSPS) is 21.4. The lowest BCUT2D eigenvalue weighted by Gasteiger charge is -2.36. The van der Waals surface area contributed by atoms with Gasteiger partial charge in [-0.2, -0.15) is 4.98 Å². The first-order valence-corrected chi connectivity index (χ1v) is 9.97. The third-order valence-electron chi connectivity index (χ3n) is 5.62. The number of aryl methyl sites for hydroxylation is 1. The first kappa shape index (κ1) is 18.7. The molecule has 0 saturated heterocycles. The van der Waals surface area contributed by atoms with Crippen LogP contribution in [-0.4, -0.2) is 47.0 Å². The van der Waals surface area contributed by atoms with Crippen LogP contribution in [0.5, 0.6) is 0 Å². The van der Waals surface area contributed by atoms with Crippen LogP contribution in [0.25, 0.3) is 0 Å². The van der Waals surface area contributed by atoms with Gasteiger partial charge >= 0.3 is 0 Å². The van der Waals surface area contributed by atoms with E-state index in [1.807, 2.05) is 31.2 Å². The number of aromatic nitrogens is 2. The summed E-state index contributed by atoms with van der Waals surface area (Å²) in [4.78, 5) is 23.9. The van der Waals surface area contributed by atoms with E-state index in [9.17, 15) is 4.79 Å². The Hall–Kier alpha value is -2.67. The summed E-state index contributed by atoms with van der Waals surface area (Å²) in [7, 11) is 4.25. The number of hydrogen-bond donors (Lipinski definition) is 3. The van der Waals surface area contributed by atoms with Crippen LogP contribution < -0.4 is 16.0 Å².